The van der Waals surface area contributed by atoms with Crippen LogP contribution in [0.2, 0.25) is 0 Å². The van der Waals surface area contributed by atoms with Gasteiger partial charge in [-0.2, -0.15) is 0 Å². The summed E-state index contributed by atoms with van der Waals surface area (Å²) in [6.45, 7) is 1.10. The van der Waals surface area contributed by atoms with Gasteiger partial charge in [-0.3, -0.25) is 14.4 Å². The number of hydrogen-bond acceptors (Lipinski definition) is 4. The van der Waals surface area contributed by atoms with E-state index >= 15 is 0 Å². The summed E-state index contributed by atoms with van der Waals surface area (Å²) in [6, 6.07) is 3.14. The molecule has 0 spiro atoms. The van der Waals surface area contributed by atoms with E-state index in [4.69, 9.17) is 5.11 Å². The monoisotopic (exact) mass is 212 g/mol. The predicted octanol–water partition coefficient (Wildman–Crippen LogP) is 1.22. The van der Waals surface area contributed by atoms with E-state index in [1.807, 2.05) is 0 Å². The molecule has 0 amide bonds. The van der Waals surface area contributed by atoms with Crippen molar-refractivity contribution in [3.05, 3.63) is 22.4 Å². The summed E-state index contributed by atoms with van der Waals surface area (Å²) in [5.41, 5.74) is 0. The van der Waals surface area contributed by atoms with Crippen molar-refractivity contribution in [1.82, 2.24) is 0 Å². The van der Waals surface area contributed by atoms with Crippen molar-refractivity contribution in [2.75, 3.05) is 0 Å². The van der Waals surface area contributed by atoms with Crippen molar-refractivity contribution in [2.24, 2.45) is 5.92 Å². The van der Waals surface area contributed by atoms with E-state index in [0.717, 1.165) is 18.3 Å². The average molecular weight is 212 g/mol. The molecule has 4 nitrogen and oxygen atoms in total. The van der Waals surface area contributed by atoms with Crippen molar-refractivity contribution in [2.45, 2.75) is 6.92 Å². The molecule has 0 aliphatic rings. The van der Waals surface area contributed by atoms with Gasteiger partial charge >= 0.3 is 5.97 Å². The third-order valence-electron chi connectivity index (χ3n) is 1.68. The first-order valence-corrected chi connectivity index (χ1v) is 4.73. The smallest absolute Gasteiger partial charge is 0.322 e. The third kappa shape index (κ3) is 2.05. The second kappa shape index (κ2) is 4.15. The van der Waals surface area contributed by atoms with Gasteiger partial charge in [0.15, 0.2) is 17.5 Å². The summed E-state index contributed by atoms with van der Waals surface area (Å²) < 4.78 is 0. The summed E-state index contributed by atoms with van der Waals surface area (Å²) >= 11 is 1.13. The molecule has 14 heavy (non-hydrogen) atoms. The van der Waals surface area contributed by atoms with Crippen LogP contribution in [0.3, 0.4) is 0 Å². The molecule has 1 aromatic heterocycles. The van der Waals surface area contributed by atoms with Crippen LogP contribution in [0.5, 0.6) is 0 Å². The van der Waals surface area contributed by atoms with Crippen LogP contribution in [-0.4, -0.2) is 22.6 Å². The van der Waals surface area contributed by atoms with E-state index in [1.165, 1.54) is 6.07 Å². The molecular weight excluding hydrogens is 204 g/mol. The quantitative estimate of drug-likeness (QED) is 0.601. The molecule has 1 atom stereocenters. The molecule has 1 heterocycles. The Kier molecular flexibility index (Phi) is 3.14. The molecule has 0 saturated carbocycles. The Bertz CT molecular complexity index is 352. The van der Waals surface area contributed by atoms with Crippen molar-refractivity contribution in [1.29, 1.82) is 0 Å². The summed E-state index contributed by atoms with van der Waals surface area (Å²) in [5, 5.41) is 10.3. The van der Waals surface area contributed by atoms with Crippen LogP contribution in [-0.2, 0) is 9.59 Å². The van der Waals surface area contributed by atoms with Crippen LogP contribution >= 0.6 is 11.3 Å². The van der Waals surface area contributed by atoms with Crippen LogP contribution in [0, 0.1) is 5.92 Å². The molecule has 0 fully saturated rings. The fourth-order valence-electron chi connectivity index (χ4n) is 1.03. The van der Waals surface area contributed by atoms with E-state index < -0.39 is 23.5 Å². The number of hydrogen-bond donors (Lipinski definition) is 1. The maximum absolute atomic E-state index is 11.5. The molecule has 0 saturated heterocycles. The number of carboxylic acid groups (broad SMARTS) is 1. The Labute approximate surface area is 84.2 Å². The summed E-state index contributed by atoms with van der Waals surface area (Å²) in [4.78, 5) is 33.4. The zero-order chi connectivity index (χ0) is 10.7. The lowest BCUT2D eigenvalue weighted by Gasteiger charge is -2.04. The van der Waals surface area contributed by atoms with Gasteiger partial charge in [0.25, 0.3) is 0 Å². The van der Waals surface area contributed by atoms with Gasteiger partial charge in [-0.05, 0) is 18.4 Å². The van der Waals surface area contributed by atoms with Gasteiger partial charge in [-0.25, -0.2) is 0 Å². The van der Waals surface area contributed by atoms with Gasteiger partial charge in [0, 0.05) is 0 Å². The topological polar surface area (TPSA) is 71.4 Å². The fourth-order valence-corrected chi connectivity index (χ4v) is 1.73. The molecule has 0 aromatic carbocycles. The number of thiophene rings is 1. The molecule has 0 aliphatic carbocycles. The standard InChI is InChI=1S/C9H8O4S/c1-5(10)7(9(12)13)8(11)6-3-2-4-14-6/h2-4,7H,1H3,(H,12,13). The van der Waals surface area contributed by atoms with Crippen LogP contribution in [0.25, 0.3) is 0 Å². The first-order valence-electron chi connectivity index (χ1n) is 3.85. The van der Waals surface area contributed by atoms with Crippen molar-refractivity contribution in [3.8, 4) is 0 Å². The van der Waals surface area contributed by atoms with E-state index in [0.29, 0.717) is 4.88 Å². The van der Waals surface area contributed by atoms with E-state index in [-0.39, 0.29) is 0 Å². The zero-order valence-electron chi connectivity index (χ0n) is 7.39. The maximum atomic E-state index is 11.5. The van der Waals surface area contributed by atoms with Gasteiger partial charge in [0.2, 0.25) is 0 Å². The number of ketones is 2. The minimum Gasteiger partial charge on any atom is -0.480 e. The van der Waals surface area contributed by atoms with Crippen LogP contribution < -0.4 is 0 Å². The van der Waals surface area contributed by atoms with E-state index in [9.17, 15) is 14.4 Å². The Morgan fingerprint density at radius 1 is 1.43 bits per heavy atom. The van der Waals surface area contributed by atoms with Crippen molar-refractivity contribution in [3.63, 3.8) is 0 Å². The van der Waals surface area contributed by atoms with Crippen LogP contribution in [0.15, 0.2) is 17.5 Å². The number of carboxylic acids is 1. The molecule has 1 unspecified atom stereocenters. The Hall–Kier alpha value is -1.49. The van der Waals surface area contributed by atoms with Gasteiger partial charge < -0.3 is 5.11 Å². The Morgan fingerprint density at radius 3 is 2.43 bits per heavy atom. The highest BCUT2D eigenvalue weighted by atomic mass is 32.1. The van der Waals surface area contributed by atoms with E-state index in [2.05, 4.69) is 0 Å². The highest BCUT2D eigenvalue weighted by Crippen LogP contribution is 2.15. The highest BCUT2D eigenvalue weighted by molar-refractivity contribution is 7.12. The molecule has 74 valence electrons. The first-order chi connectivity index (χ1) is 6.54. The van der Waals surface area contributed by atoms with Crippen molar-refractivity contribution < 1.29 is 19.5 Å². The number of carbonyl (C=O) groups is 3. The Morgan fingerprint density at radius 2 is 2.07 bits per heavy atom. The molecule has 0 aliphatic heterocycles. The zero-order valence-corrected chi connectivity index (χ0v) is 8.21. The fraction of sp³-hybridized carbons (Fsp3) is 0.222. The minimum absolute atomic E-state index is 0.299. The highest BCUT2D eigenvalue weighted by Gasteiger charge is 2.31. The lowest BCUT2D eigenvalue weighted by molar-refractivity contribution is -0.143. The summed E-state index contributed by atoms with van der Waals surface area (Å²) in [5.74, 6) is -4.24. The van der Waals surface area contributed by atoms with Crippen LogP contribution in [0.4, 0.5) is 0 Å². The second-order valence-corrected chi connectivity index (χ2v) is 3.67. The summed E-state index contributed by atoms with van der Waals surface area (Å²) in [6.07, 6.45) is 0. The SMILES string of the molecule is CC(=O)C(C(=O)O)C(=O)c1cccs1. The molecule has 1 aromatic rings. The second-order valence-electron chi connectivity index (χ2n) is 2.72. The molecule has 0 bridgehead atoms. The molecule has 0 radical (unpaired) electrons. The largest absolute Gasteiger partial charge is 0.480 e. The molecule has 5 heteroatoms. The molecule has 1 rings (SSSR count). The van der Waals surface area contributed by atoms with Gasteiger partial charge in [0.05, 0.1) is 4.88 Å². The number of Topliss-reactive ketones (excluding diaryl/α,β-unsaturated/α-hetero) is 2. The maximum Gasteiger partial charge on any atom is 0.322 e. The normalized spacial score (nSPS) is 12.1. The van der Waals surface area contributed by atoms with Gasteiger partial charge in [-0.1, -0.05) is 6.07 Å². The number of aliphatic carboxylic acids is 1. The molecule has 1 N–H and O–H groups in total. The Balaban J connectivity index is 2.97. The van der Waals surface area contributed by atoms with Gasteiger partial charge in [0.1, 0.15) is 0 Å². The van der Waals surface area contributed by atoms with Crippen molar-refractivity contribution >= 4 is 28.9 Å². The van der Waals surface area contributed by atoms with Gasteiger partial charge in [-0.15, -0.1) is 11.3 Å². The summed E-state index contributed by atoms with van der Waals surface area (Å²) in [7, 11) is 0. The minimum atomic E-state index is -1.56. The number of carbonyl (C=O) groups excluding carboxylic acids is 2. The van der Waals surface area contributed by atoms with Crippen LogP contribution in [0.1, 0.15) is 16.6 Å². The average Bonchev–Trinajstić information content (AvgIpc) is 2.53. The lowest BCUT2D eigenvalue weighted by Crippen LogP contribution is -2.29. The molecular formula is C9H8O4S. The number of rotatable bonds is 4. The first kappa shape index (κ1) is 10.6. The predicted molar refractivity (Wildman–Crippen MR) is 50.5 cm³/mol. The van der Waals surface area contributed by atoms with E-state index in [1.54, 1.807) is 11.4 Å². The third-order valence-corrected chi connectivity index (χ3v) is 2.56. The lowest BCUT2D eigenvalue weighted by atomic mass is 9.99.